The zero-order valence-corrected chi connectivity index (χ0v) is 12.1. The van der Waals surface area contributed by atoms with Crippen LogP contribution >= 0.6 is 0 Å². The van der Waals surface area contributed by atoms with Gasteiger partial charge in [0.05, 0.1) is 6.54 Å². The van der Waals surface area contributed by atoms with E-state index in [4.69, 9.17) is 0 Å². The minimum Gasteiger partial charge on any atom is -0.317 e. The summed E-state index contributed by atoms with van der Waals surface area (Å²) in [7, 11) is 2.11. The van der Waals surface area contributed by atoms with Crippen molar-refractivity contribution in [3.63, 3.8) is 0 Å². The average Bonchev–Trinajstić information content (AvgIpc) is 2.89. The Labute approximate surface area is 116 Å². The van der Waals surface area contributed by atoms with Gasteiger partial charge in [-0.25, -0.2) is 0 Å². The molecule has 1 aromatic heterocycles. The topological polar surface area (TPSA) is 33.1 Å². The highest BCUT2D eigenvalue weighted by atomic mass is 15.3. The molecular formula is C15H26N4. The zero-order chi connectivity index (χ0) is 13.2. The van der Waals surface area contributed by atoms with E-state index in [2.05, 4.69) is 40.2 Å². The van der Waals surface area contributed by atoms with Crippen molar-refractivity contribution >= 4 is 0 Å². The van der Waals surface area contributed by atoms with E-state index in [0.29, 0.717) is 6.04 Å². The second-order valence-corrected chi connectivity index (χ2v) is 6.22. The van der Waals surface area contributed by atoms with Crippen LogP contribution in [-0.4, -0.2) is 45.9 Å². The lowest BCUT2D eigenvalue weighted by Crippen LogP contribution is -2.59. The third-order valence-electron chi connectivity index (χ3n) is 4.96. The highest BCUT2D eigenvalue weighted by Crippen LogP contribution is 2.35. The van der Waals surface area contributed by atoms with Crippen molar-refractivity contribution in [2.24, 2.45) is 0 Å². The lowest BCUT2D eigenvalue weighted by atomic mass is 9.81. The highest BCUT2D eigenvalue weighted by Gasteiger charge is 2.39. The summed E-state index contributed by atoms with van der Waals surface area (Å²) in [5.74, 6) is 0. The molecule has 0 spiro atoms. The van der Waals surface area contributed by atoms with Crippen LogP contribution in [0.1, 0.15) is 39.0 Å². The van der Waals surface area contributed by atoms with Gasteiger partial charge in [-0.3, -0.25) is 9.58 Å². The predicted molar refractivity (Wildman–Crippen MR) is 77.0 cm³/mol. The van der Waals surface area contributed by atoms with Crippen molar-refractivity contribution < 1.29 is 0 Å². The molecule has 2 aliphatic heterocycles. The Kier molecular flexibility index (Phi) is 3.89. The molecule has 0 aliphatic carbocycles. The maximum absolute atomic E-state index is 4.35. The Morgan fingerprint density at radius 1 is 1.32 bits per heavy atom. The monoisotopic (exact) mass is 262 g/mol. The van der Waals surface area contributed by atoms with Crippen LogP contribution in [0.3, 0.4) is 0 Å². The van der Waals surface area contributed by atoms with E-state index >= 15 is 0 Å². The van der Waals surface area contributed by atoms with Crippen molar-refractivity contribution in [2.75, 3.05) is 7.05 Å². The van der Waals surface area contributed by atoms with Crippen LogP contribution in [0.4, 0.5) is 0 Å². The molecule has 1 N–H and O–H groups in total. The molecule has 3 atom stereocenters. The number of nitrogens with zero attached hydrogens (tertiary/aromatic N) is 3. The first-order valence-corrected chi connectivity index (χ1v) is 7.70. The standard InChI is InChI=1S/C15H26N4/c1-12(11-18-8-4-7-17-18)19-14-5-3-6-15(19)10-13(9-14)16-2/h4,7-8,12-16H,3,5-6,9-11H2,1-2H3. The molecule has 0 aromatic carbocycles. The van der Waals surface area contributed by atoms with Crippen LogP contribution in [0.15, 0.2) is 18.5 Å². The second-order valence-electron chi connectivity index (χ2n) is 6.22. The van der Waals surface area contributed by atoms with Crippen molar-refractivity contribution in [1.82, 2.24) is 20.0 Å². The maximum atomic E-state index is 4.35. The Morgan fingerprint density at radius 3 is 2.63 bits per heavy atom. The minimum absolute atomic E-state index is 0.591. The summed E-state index contributed by atoms with van der Waals surface area (Å²) in [5, 5.41) is 7.85. The number of hydrogen-bond acceptors (Lipinski definition) is 3. The second kappa shape index (κ2) is 5.63. The molecule has 106 valence electrons. The fourth-order valence-corrected chi connectivity index (χ4v) is 4.15. The molecule has 1 aromatic rings. The minimum atomic E-state index is 0.591. The largest absolute Gasteiger partial charge is 0.317 e. The summed E-state index contributed by atoms with van der Waals surface area (Å²) < 4.78 is 2.07. The number of fused-ring (bicyclic) bond motifs is 2. The number of hydrogen-bond donors (Lipinski definition) is 1. The maximum Gasteiger partial charge on any atom is 0.0562 e. The van der Waals surface area contributed by atoms with E-state index < -0.39 is 0 Å². The normalized spacial score (nSPS) is 33.3. The molecule has 19 heavy (non-hydrogen) atoms. The zero-order valence-electron chi connectivity index (χ0n) is 12.1. The number of piperidine rings is 2. The third-order valence-corrected chi connectivity index (χ3v) is 4.96. The van der Waals surface area contributed by atoms with Gasteiger partial charge in [0, 0.05) is 36.6 Å². The first-order chi connectivity index (χ1) is 9.28. The van der Waals surface area contributed by atoms with Gasteiger partial charge in [0.15, 0.2) is 0 Å². The molecule has 0 amide bonds. The number of nitrogens with one attached hydrogen (secondary N) is 1. The van der Waals surface area contributed by atoms with Gasteiger partial charge in [-0.1, -0.05) is 6.42 Å². The van der Waals surface area contributed by atoms with Crippen molar-refractivity contribution in [3.05, 3.63) is 18.5 Å². The summed E-state index contributed by atoms with van der Waals surface area (Å²) in [6.07, 6.45) is 10.7. The Hall–Kier alpha value is -0.870. The predicted octanol–water partition coefficient (Wildman–Crippen LogP) is 1.88. The molecule has 2 saturated heterocycles. The molecule has 2 aliphatic rings. The van der Waals surface area contributed by atoms with Gasteiger partial charge < -0.3 is 5.32 Å². The lowest BCUT2D eigenvalue weighted by Gasteiger charge is -2.51. The van der Waals surface area contributed by atoms with E-state index in [1.54, 1.807) is 0 Å². The van der Waals surface area contributed by atoms with Crippen molar-refractivity contribution in [2.45, 2.75) is 69.7 Å². The lowest BCUT2D eigenvalue weighted by molar-refractivity contribution is -0.0101. The molecule has 0 radical (unpaired) electrons. The number of rotatable bonds is 4. The molecule has 2 bridgehead atoms. The Balaban J connectivity index is 1.69. The quantitative estimate of drug-likeness (QED) is 0.899. The van der Waals surface area contributed by atoms with Crippen LogP contribution in [0.2, 0.25) is 0 Å². The van der Waals surface area contributed by atoms with Gasteiger partial charge in [-0.2, -0.15) is 5.10 Å². The molecule has 3 unspecified atom stereocenters. The summed E-state index contributed by atoms with van der Waals surface area (Å²) in [5.41, 5.74) is 0. The van der Waals surface area contributed by atoms with Crippen LogP contribution in [0.25, 0.3) is 0 Å². The van der Waals surface area contributed by atoms with Crippen LogP contribution < -0.4 is 5.32 Å². The van der Waals surface area contributed by atoms with Crippen molar-refractivity contribution in [1.29, 1.82) is 0 Å². The van der Waals surface area contributed by atoms with Gasteiger partial charge in [-0.15, -0.1) is 0 Å². The smallest absolute Gasteiger partial charge is 0.0562 e. The van der Waals surface area contributed by atoms with E-state index in [9.17, 15) is 0 Å². The van der Waals surface area contributed by atoms with Crippen LogP contribution in [0, 0.1) is 0 Å². The molecule has 4 nitrogen and oxygen atoms in total. The molecule has 3 heterocycles. The summed E-state index contributed by atoms with van der Waals surface area (Å²) in [6, 6.07) is 4.88. The van der Waals surface area contributed by atoms with Crippen LogP contribution in [0.5, 0.6) is 0 Å². The first kappa shape index (κ1) is 13.1. The van der Waals surface area contributed by atoms with E-state index in [-0.39, 0.29) is 0 Å². The fourth-order valence-electron chi connectivity index (χ4n) is 4.15. The average molecular weight is 262 g/mol. The highest BCUT2D eigenvalue weighted by molar-refractivity contribution is 4.96. The Morgan fingerprint density at radius 2 is 2.05 bits per heavy atom. The number of aromatic nitrogens is 2. The van der Waals surface area contributed by atoms with Gasteiger partial charge in [0.1, 0.15) is 0 Å². The molecule has 3 rings (SSSR count). The molecule has 4 heteroatoms. The van der Waals surface area contributed by atoms with Gasteiger partial charge >= 0.3 is 0 Å². The van der Waals surface area contributed by atoms with Gasteiger partial charge in [0.2, 0.25) is 0 Å². The van der Waals surface area contributed by atoms with Crippen molar-refractivity contribution in [3.8, 4) is 0 Å². The van der Waals surface area contributed by atoms with Gasteiger partial charge in [0.25, 0.3) is 0 Å². The first-order valence-electron chi connectivity index (χ1n) is 7.70. The van der Waals surface area contributed by atoms with E-state index in [1.165, 1.54) is 32.1 Å². The summed E-state index contributed by atoms with van der Waals surface area (Å²) >= 11 is 0. The Bertz CT molecular complexity index is 375. The van der Waals surface area contributed by atoms with E-state index in [0.717, 1.165) is 24.7 Å². The third kappa shape index (κ3) is 2.70. The molecule has 0 saturated carbocycles. The molecule has 2 fully saturated rings. The fraction of sp³-hybridized carbons (Fsp3) is 0.800. The van der Waals surface area contributed by atoms with Crippen LogP contribution in [-0.2, 0) is 6.54 Å². The molecular weight excluding hydrogens is 236 g/mol. The summed E-state index contributed by atoms with van der Waals surface area (Å²) in [6.45, 7) is 3.39. The van der Waals surface area contributed by atoms with E-state index in [1.807, 2.05) is 12.3 Å². The summed E-state index contributed by atoms with van der Waals surface area (Å²) in [4.78, 5) is 2.79. The van der Waals surface area contributed by atoms with Gasteiger partial charge in [-0.05, 0) is 45.7 Å². The SMILES string of the molecule is CNC1CC2CCCC(C1)N2C(C)Cn1cccn1.